The van der Waals surface area contributed by atoms with E-state index in [0.717, 1.165) is 24.8 Å². The molecule has 0 heterocycles. The third-order valence-electron chi connectivity index (χ3n) is 3.02. The van der Waals surface area contributed by atoms with E-state index in [1.165, 1.54) is 6.07 Å². The summed E-state index contributed by atoms with van der Waals surface area (Å²) >= 11 is 6.09. The van der Waals surface area contributed by atoms with E-state index in [1.807, 2.05) is 7.05 Å². The maximum atomic E-state index is 12.1. The first kappa shape index (κ1) is 18.4. The SMILES string of the molecule is CNCc1ccc(S(=O)(=O)NCCCCCOC)cc1Cl. The quantitative estimate of drug-likeness (QED) is 0.643. The molecule has 120 valence electrons. The summed E-state index contributed by atoms with van der Waals surface area (Å²) in [6, 6.07) is 4.79. The molecule has 0 saturated carbocycles. The van der Waals surface area contributed by atoms with E-state index in [1.54, 1.807) is 19.2 Å². The first-order valence-corrected chi connectivity index (χ1v) is 8.79. The predicted octanol–water partition coefficient (Wildman–Crippen LogP) is 2.15. The van der Waals surface area contributed by atoms with E-state index in [9.17, 15) is 8.42 Å². The van der Waals surface area contributed by atoms with Crippen molar-refractivity contribution in [2.45, 2.75) is 30.7 Å². The van der Waals surface area contributed by atoms with Crippen LogP contribution in [-0.2, 0) is 21.3 Å². The molecular weight excluding hydrogens is 312 g/mol. The van der Waals surface area contributed by atoms with Crippen molar-refractivity contribution in [1.82, 2.24) is 10.0 Å². The molecule has 0 aromatic heterocycles. The Morgan fingerprint density at radius 3 is 2.62 bits per heavy atom. The number of ether oxygens (including phenoxy) is 1. The minimum atomic E-state index is -3.49. The lowest BCUT2D eigenvalue weighted by atomic mass is 10.2. The highest BCUT2D eigenvalue weighted by molar-refractivity contribution is 7.89. The normalized spacial score (nSPS) is 11.8. The van der Waals surface area contributed by atoms with Crippen molar-refractivity contribution in [3.8, 4) is 0 Å². The van der Waals surface area contributed by atoms with Gasteiger partial charge in [-0.15, -0.1) is 0 Å². The van der Waals surface area contributed by atoms with E-state index in [4.69, 9.17) is 16.3 Å². The number of halogens is 1. The van der Waals surface area contributed by atoms with Gasteiger partial charge in [0.2, 0.25) is 10.0 Å². The zero-order chi connectivity index (χ0) is 15.7. The van der Waals surface area contributed by atoms with Gasteiger partial charge in [-0.05, 0) is 44.0 Å². The van der Waals surface area contributed by atoms with Crippen LogP contribution in [0.1, 0.15) is 24.8 Å². The van der Waals surface area contributed by atoms with Gasteiger partial charge in [0, 0.05) is 31.8 Å². The van der Waals surface area contributed by atoms with Crippen LogP contribution in [0.4, 0.5) is 0 Å². The summed E-state index contributed by atoms with van der Waals surface area (Å²) in [4.78, 5) is 0.198. The van der Waals surface area contributed by atoms with Gasteiger partial charge < -0.3 is 10.1 Å². The van der Waals surface area contributed by atoms with Crippen molar-refractivity contribution in [3.05, 3.63) is 28.8 Å². The summed E-state index contributed by atoms with van der Waals surface area (Å²) in [6.45, 7) is 1.73. The van der Waals surface area contributed by atoms with Crippen molar-refractivity contribution in [2.24, 2.45) is 0 Å². The third kappa shape index (κ3) is 6.32. The van der Waals surface area contributed by atoms with E-state index < -0.39 is 10.0 Å². The number of benzene rings is 1. The van der Waals surface area contributed by atoms with Gasteiger partial charge in [-0.25, -0.2) is 13.1 Å². The second-order valence-electron chi connectivity index (χ2n) is 4.73. The maximum absolute atomic E-state index is 12.1. The van der Waals surface area contributed by atoms with Crippen LogP contribution in [0, 0.1) is 0 Å². The molecule has 0 fully saturated rings. The Bertz CT molecular complexity index is 535. The molecule has 0 unspecified atom stereocenters. The highest BCUT2D eigenvalue weighted by Gasteiger charge is 2.14. The minimum Gasteiger partial charge on any atom is -0.385 e. The van der Waals surface area contributed by atoms with E-state index in [2.05, 4.69) is 10.0 Å². The summed E-state index contributed by atoms with van der Waals surface area (Å²) in [5, 5.41) is 3.43. The summed E-state index contributed by atoms with van der Waals surface area (Å²) in [6.07, 6.45) is 2.65. The molecule has 0 radical (unpaired) electrons. The fourth-order valence-electron chi connectivity index (χ4n) is 1.87. The topological polar surface area (TPSA) is 67.4 Å². The first-order chi connectivity index (χ1) is 10.0. The Morgan fingerprint density at radius 1 is 1.24 bits per heavy atom. The molecule has 7 heteroatoms. The zero-order valence-electron chi connectivity index (χ0n) is 12.5. The van der Waals surface area contributed by atoms with Gasteiger partial charge in [0.05, 0.1) is 4.90 Å². The molecule has 0 aliphatic carbocycles. The lowest BCUT2D eigenvalue weighted by Gasteiger charge is -2.09. The molecule has 0 bridgehead atoms. The average Bonchev–Trinajstić information content (AvgIpc) is 2.45. The standard InChI is InChI=1S/C14H23ClN2O3S/c1-16-11-12-6-7-13(10-14(12)15)21(18,19)17-8-4-3-5-9-20-2/h6-7,10,16-17H,3-5,8-9,11H2,1-2H3. The summed E-state index contributed by atoms with van der Waals surface area (Å²) in [7, 11) is -0.0248. The van der Waals surface area contributed by atoms with Gasteiger partial charge in [0.15, 0.2) is 0 Å². The molecule has 0 atom stereocenters. The Balaban J connectivity index is 2.56. The van der Waals surface area contributed by atoms with Gasteiger partial charge >= 0.3 is 0 Å². The molecule has 0 spiro atoms. The average molecular weight is 335 g/mol. The number of methoxy groups -OCH3 is 1. The Hall–Kier alpha value is -0.660. The van der Waals surface area contributed by atoms with Crippen LogP contribution in [0.3, 0.4) is 0 Å². The summed E-state index contributed by atoms with van der Waals surface area (Å²) in [5.41, 5.74) is 0.873. The molecule has 21 heavy (non-hydrogen) atoms. The van der Waals surface area contributed by atoms with Crippen LogP contribution in [0.15, 0.2) is 23.1 Å². The van der Waals surface area contributed by atoms with Crippen LogP contribution in [0.5, 0.6) is 0 Å². The molecule has 0 aliphatic heterocycles. The molecule has 5 nitrogen and oxygen atoms in total. The minimum absolute atomic E-state index is 0.198. The van der Waals surface area contributed by atoms with Crippen LogP contribution in [0.2, 0.25) is 5.02 Å². The Morgan fingerprint density at radius 2 is 2.00 bits per heavy atom. The van der Waals surface area contributed by atoms with Crippen molar-refractivity contribution >= 4 is 21.6 Å². The summed E-state index contributed by atoms with van der Waals surface area (Å²) in [5.74, 6) is 0. The number of nitrogens with one attached hydrogen (secondary N) is 2. The molecule has 1 rings (SSSR count). The number of sulfonamides is 1. The van der Waals surface area contributed by atoms with Crippen LogP contribution in [0.25, 0.3) is 0 Å². The van der Waals surface area contributed by atoms with Crippen LogP contribution in [-0.4, -0.2) is 35.7 Å². The lowest BCUT2D eigenvalue weighted by Crippen LogP contribution is -2.25. The summed E-state index contributed by atoms with van der Waals surface area (Å²) < 4.78 is 31.8. The fraction of sp³-hybridized carbons (Fsp3) is 0.571. The molecule has 0 amide bonds. The molecule has 0 aliphatic rings. The van der Waals surface area contributed by atoms with Crippen molar-refractivity contribution in [2.75, 3.05) is 27.3 Å². The van der Waals surface area contributed by atoms with Gasteiger partial charge in [0.1, 0.15) is 0 Å². The second kappa shape index (κ2) is 9.38. The maximum Gasteiger partial charge on any atom is 0.240 e. The van der Waals surface area contributed by atoms with Crippen molar-refractivity contribution in [1.29, 1.82) is 0 Å². The monoisotopic (exact) mass is 334 g/mol. The van der Waals surface area contributed by atoms with E-state index in [0.29, 0.717) is 24.7 Å². The second-order valence-corrected chi connectivity index (χ2v) is 6.91. The smallest absolute Gasteiger partial charge is 0.240 e. The Kier molecular flexibility index (Phi) is 8.21. The molecule has 1 aromatic rings. The Labute approximate surface area is 132 Å². The van der Waals surface area contributed by atoms with Gasteiger partial charge in [0.25, 0.3) is 0 Å². The predicted molar refractivity (Wildman–Crippen MR) is 85.1 cm³/mol. The molecule has 2 N–H and O–H groups in total. The highest BCUT2D eigenvalue weighted by Crippen LogP contribution is 2.20. The van der Waals surface area contributed by atoms with Crippen molar-refractivity contribution in [3.63, 3.8) is 0 Å². The lowest BCUT2D eigenvalue weighted by molar-refractivity contribution is 0.192. The zero-order valence-corrected chi connectivity index (χ0v) is 14.1. The van der Waals surface area contributed by atoms with Crippen LogP contribution < -0.4 is 10.0 Å². The molecule has 0 saturated heterocycles. The van der Waals surface area contributed by atoms with E-state index in [-0.39, 0.29) is 4.90 Å². The fourth-order valence-corrected chi connectivity index (χ4v) is 3.28. The number of unbranched alkanes of at least 4 members (excludes halogenated alkanes) is 2. The molecule has 1 aromatic carbocycles. The van der Waals surface area contributed by atoms with Crippen molar-refractivity contribution < 1.29 is 13.2 Å². The number of hydrogen-bond donors (Lipinski definition) is 2. The number of rotatable bonds is 10. The van der Waals surface area contributed by atoms with Gasteiger partial charge in [-0.2, -0.15) is 0 Å². The largest absolute Gasteiger partial charge is 0.385 e. The van der Waals surface area contributed by atoms with Crippen LogP contribution >= 0.6 is 11.6 Å². The van der Waals surface area contributed by atoms with E-state index >= 15 is 0 Å². The highest BCUT2D eigenvalue weighted by atomic mass is 35.5. The van der Waals surface area contributed by atoms with Gasteiger partial charge in [-0.1, -0.05) is 17.7 Å². The molecular formula is C14H23ClN2O3S. The first-order valence-electron chi connectivity index (χ1n) is 6.93. The third-order valence-corrected chi connectivity index (χ3v) is 4.83. The van der Waals surface area contributed by atoms with Gasteiger partial charge in [-0.3, -0.25) is 0 Å². The number of hydrogen-bond acceptors (Lipinski definition) is 4.